The predicted molar refractivity (Wildman–Crippen MR) is 112 cm³/mol. The fraction of sp³-hybridized carbons (Fsp3) is 0.450. The molecular weight excluding hydrogens is 374 g/mol. The molecule has 150 valence electrons. The summed E-state index contributed by atoms with van der Waals surface area (Å²) >= 11 is 1.44. The van der Waals surface area contributed by atoms with Crippen LogP contribution in [0.2, 0.25) is 0 Å². The highest BCUT2D eigenvalue weighted by atomic mass is 32.1. The molecule has 2 heterocycles. The first kappa shape index (κ1) is 20.3. The van der Waals surface area contributed by atoms with E-state index >= 15 is 0 Å². The Morgan fingerprint density at radius 3 is 2.43 bits per heavy atom. The molecule has 1 fully saturated rings. The van der Waals surface area contributed by atoms with Crippen molar-refractivity contribution >= 4 is 28.4 Å². The molecule has 1 atom stereocenters. The zero-order valence-corrected chi connectivity index (χ0v) is 17.4. The third kappa shape index (κ3) is 5.30. The highest BCUT2D eigenvalue weighted by Crippen LogP contribution is 2.21. The van der Waals surface area contributed by atoms with Gasteiger partial charge in [0.1, 0.15) is 6.04 Å². The lowest BCUT2D eigenvalue weighted by molar-refractivity contribution is -0.117. The lowest BCUT2D eigenvalue weighted by Crippen LogP contribution is -2.54. The lowest BCUT2D eigenvalue weighted by atomic mass is 10.2. The first-order valence-corrected chi connectivity index (χ1v) is 10.3. The number of urea groups is 1. The molecule has 1 aromatic heterocycles. The van der Waals surface area contributed by atoms with Crippen molar-refractivity contribution in [2.24, 2.45) is 0 Å². The quantitative estimate of drug-likeness (QED) is 0.807. The molecule has 3 rings (SSSR count). The van der Waals surface area contributed by atoms with E-state index in [1.807, 2.05) is 32.0 Å². The number of aryl methyl sites for hydroxylation is 2. The van der Waals surface area contributed by atoms with Gasteiger partial charge in [-0.1, -0.05) is 30.3 Å². The minimum Gasteiger partial charge on any atom is -0.326 e. The number of benzene rings is 1. The molecule has 1 unspecified atom stereocenters. The van der Waals surface area contributed by atoms with Crippen LogP contribution in [-0.4, -0.2) is 58.9 Å². The number of piperazine rings is 1. The van der Waals surface area contributed by atoms with Crippen molar-refractivity contribution < 1.29 is 9.59 Å². The molecule has 1 aromatic carbocycles. The summed E-state index contributed by atoms with van der Waals surface area (Å²) in [6, 6.07) is 9.50. The molecule has 2 aromatic rings. The monoisotopic (exact) mass is 401 g/mol. The second-order valence-electron chi connectivity index (χ2n) is 7.07. The van der Waals surface area contributed by atoms with Gasteiger partial charge in [-0.3, -0.25) is 9.69 Å². The van der Waals surface area contributed by atoms with Gasteiger partial charge in [-0.15, -0.1) is 11.3 Å². The third-order valence-electron chi connectivity index (χ3n) is 4.90. The molecule has 28 heavy (non-hydrogen) atoms. The standard InChI is InChI=1S/C20H27N5O2S/c1-14-16(3)28-19(21-14)23-18(26)15(2)22-20(27)25-11-9-24(10-12-25)13-17-7-5-4-6-8-17/h4-8,15H,9-13H2,1-3H3,(H,22,27)(H,21,23,26). The fourth-order valence-electron chi connectivity index (χ4n) is 3.03. The Balaban J connectivity index is 1.43. The van der Waals surface area contributed by atoms with Gasteiger partial charge in [-0.2, -0.15) is 0 Å². The van der Waals surface area contributed by atoms with Crippen LogP contribution in [0.3, 0.4) is 0 Å². The summed E-state index contributed by atoms with van der Waals surface area (Å²) in [6.45, 7) is 9.39. The average molecular weight is 402 g/mol. The highest BCUT2D eigenvalue weighted by molar-refractivity contribution is 7.15. The van der Waals surface area contributed by atoms with E-state index in [1.54, 1.807) is 11.8 Å². The van der Waals surface area contributed by atoms with Gasteiger partial charge in [0.25, 0.3) is 0 Å². The first-order chi connectivity index (χ1) is 13.4. The summed E-state index contributed by atoms with van der Waals surface area (Å²) in [5, 5.41) is 6.13. The Labute approximate surface area is 169 Å². The van der Waals surface area contributed by atoms with Gasteiger partial charge < -0.3 is 15.5 Å². The van der Waals surface area contributed by atoms with Crippen LogP contribution < -0.4 is 10.6 Å². The second-order valence-corrected chi connectivity index (χ2v) is 8.27. The van der Waals surface area contributed by atoms with Crippen LogP contribution in [0, 0.1) is 13.8 Å². The van der Waals surface area contributed by atoms with Gasteiger partial charge in [-0.05, 0) is 26.3 Å². The van der Waals surface area contributed by atoms with E-state index in [4.69, 9.17) is 0 Å². The summed E-state index contributed by atoms with van der Waals surface area (Å²) in [6.07, 6.45) is 0. The van der Waals surface area contributed by atoms with E-state index in [1.165, 1.54) is 16.9 Å². The number of amides is 3. The number of nitrogens with one attached hydrogen (secondary N) is 2. The van der Waals surface area contributed by atoms with Crippen molar-refractivity contribution in [3.05, 3.63) is 46.5 Å². The molecule has 1 aliphatic heterocycles. The fourth-order valence-corrected chi connectivity index (χ4v) is 3.85. The molecule has 0 spiro atoms. The van der Waals surface area contributed by atoms with Gasteiger partial charge in [-0.25, -0.2) is 9.78 Å². The van der Waals surface area contributed by atoms with Crippen molar-refractivity contribution in [1.29, 1.82) is 0 Å². The van der Waals surface area contributed by atoms with Crippen LogP contribution in [-0.2, 0) is 11.3 Å². The number of nitrogens with zero attached hydrogens (tertiary/aromatic N) is 3. The zero-order valence-electron chi connectivity index (χ0n) is 16.6. The topological polar surface area (TPSA) is 77.6 Å². The molecule has 0 radical (unpaired) electrons. The van der Waals surface area contributed by atoms with Gasteiger partial charge in [0.05, 0.1) is 5.69 Å². The Hall–Kier alpha value is -2.45. The summed E-state index contributed by atoms with van der Waals surface area (Å²) < 4.78 is 0. The molecule has 2 N–H and O–H groups in total. The van der Waals surface area contributed by atoms with Crippen molar-refractivity contribution in [2.45, 2.75) is 33.4 Å². The molecule has 0 bridgehead atoms. The van der Waals surface area contributed by atoms with Crippen molar-refractivity contribution in [1.82, 2.24) is 20.1 Å². The van der Waals surface area contributed by atoms with Gasteiger partial charge in [0, 0.05) is 37.6 Å². The number of carbonyl (C=O) groups excluding carboxylic acids is 2. The number of rotatable bonds is 5. The van der Waals surface area contributed by atoms with E-state index in [2.05, 4.69) is 32.7 Å². The predicted octanol–water partition coefficient (Wildman–Crippen LogP) is 2.61. The van der Waals surface area contributed by atoms with Crippen LogP contribution in [0.15, 0.2) is 30.3 Å². The molecule has 0 saturated carbocycles. The average Bonchev–Trinajstić information content (AvgIpc) is 3.00. The van der Waals surface area contributed by atoms with E-state index in [0.29, 0.717) is 18.2 Å². The SMILES string of the molecule is Cc1nc(NC(=O)C(C)NC(=O)N2CCN(Cc3ccccc3)CC2)sc1C. The van der Waals surface area contributed by atoms with Crippen molar-refractivity contribution in [3.63, 3.8) is 0 Å². The summed E-state index contributed by atoms with van der Waals surface area (Å²) in [5.74, 6) is -0.259. The van der Waals surface area contributed by atoms with E-state index < -0.39 is 6.04 Å². The van der Waals surface area contributed by atoms with E-state index in [0.717, 1.165) is 30.2 Å². The molecule has 0 aliphatic carbocycles. The first-order valence-electron chi connectivity index (χ1n) is 9.49. The third-order valence-corrected chi connectivity index (χ3v) is 5.89. The number of aromatic nitrogens is 1. The molecule has 1 aliphatic rings. The summed E-state index contributed by atoms with van der Waals surface area (Å²) in [7, 11) is 0. The largest absolute Gasteiger partial charge is 0.326 e. The molecule has 1 saturated heterocycles. The van der Waals surface area contributed by atoms with E-state index in [9.17, 15) is 9.59 Å². The lowest BCUT2D eigenvalue weighted by Gasteiger charge is -2.35. The van der Waals surface area contributed by atoms with Crippen LogP contribution in [0.1, 0.15) is 23.1 Å². The summed E-state index contributed by atoms with van der Waals surface area (Å²) in [4.78, 5) is 34.3. The second kappa shape index (κ2) is 9.16. The Morgan fingerprint density at radius 1 is 1.14 bits per heavy atom. The maximum absolute atomic E-state index is 12.5. The minimum atomic E-state index is -0.626. The summed E-state index contributed by atoms with van der Waals surface area (Å²) in [5.41, 5.74) is 2.18. The minimum absolute atomic E-state index is 0.200. The Kier molecular flexibility index (Phi) is 6.64. The molecule has 7 nitrogen and oxygen atoms in total. The number of thiazole rings is 1. The zero-order chi connectivity index (χ0) is 20.1. The maximum atomic E-state index is 12.5. The van der Waals surface area contributed by atoms with Crippen LogP contribution in [0.5, 0.6) is 0 Å². The Bertz CT molecular complexity index is 796. The number of carbonyl (C=O) groups is 2. The number of hydrogen-bond donors (Lipinski definition) is 2. The van der Waals surface area contributed by atoms with Crippen molar-refractivity contribution in [3.8, 4) is 0 Å². The normalized spacial score (nSPS) is 15.9. The maximum Gasteiger partial charge on any atom is 0.318 e. The highest BCUT2D eigenvalue weighted by Gasteiger charge is 2.24. The van der Waals surface area contributed by atoms with Gasteiger partial charge in [0.2, 0.25) is 5.91 Å². The number of hydrogen-bond acceptors (Lipinski definition) is 5. The van der Waals surface area contributed by atoms with Gasteiger partial charge in [0.15, 0.2) is 5.13 Å². The Morgan fingerprint density at radius 2 is 1.82 bits per heavy atom. The molecular formula is C20H27N5O2S. The molecule has 8 heteroatoms. The number of anilines is 1. The van der Waals surface area contributed by atoms with Crippen LogP contribution >= 0.6 is 11.3 Å². The van der Waals surface area contributed by atoms with Crippen molar-refractivity contribution in [2.75, 3.05) is 31.5 Å². The van der Waals surface area contributed by atoms with E-state index in [-0.39, 0.29) is 11.9 Å². The van der Waals surface area contributed by atoms with Crippen LogP contribution in [0.4, 0.5) is 9.93 Å². The van der Waals surface area contributed by atoms with Gasteiger partial charge >= 0.3 is 6.03 Å². The van der Waals surface area contributed by atoms with Crippen LogP contribution in [0.25, 0.3) is 0 Å². The molecule has 3 amide bonds. The smallest absolute Gasteiger partial charge is 0.318 e.